The normalized spacial score (nSPS) is 9.93. The third-order valence-electron chi connectivity index (χ3n) is 1.55. The van der Waals surface area contributed by atoms with Crippen LogP contribution in [0.1, 0.15) is 17.3 Å². The largest absolute Gasteiger partial charge is 0.506 e. The number of ether oxygens (including phenoxy) is 1. The van der Waals surface area contributed by atoms with Gasteiger partial charge in [0.05, 0.1) is 11.6 Å². The molecule has 5 heteroatoms. The first kappa shape index (κ1) is 10.8. The number of phenols is 1. The first-order valence-corrected chi connectivity index (χ1v) is 4.29. The van der Waals surface area contributed by atoms with Crippen molar-refractivity contribution in [3.05, 3.63) is 28.5 Å². The van der Waals surface area contributed by atoms with Gasteiger partial charge in [0.2, 0.25) is 0 Å². The molecule has 0 aliphatic carbocycles. The van der Waals surface area contributed by atoms with E-state index >= 15 is 0 Å². The summed E-state index contributed by atoms with van der Waals surface area (Å²) >= 11 is 5.54. The van der Waals surface area contributed by atoms with Crippen molar-refractivity contribution >= 4 is 17.6 Å². The third kappa shape index (κ3) is 1.96. The lowest BCUT2D eigenvalue weighted by Gasteiger charge is -2.06. The highest BCUT2D eigenvalue weighted by Crippen LogP contribution is 2.29. The van der Waals surface area contributed by atoms with Crippen molar-refractivity contribution in [1.29, 1.82) is 0 Å². The van der Waals surface area contributed by atoms with E-state index in [0.29, 0.717) is 0 Å². The topological polar surface area (TPSA) is 46.5 Å². The molecule has 3 nitrogen and oxygen atoms in total. The Balaban J connectivity index is 3.18. The summed E-state index contributed by atoms with van der Waals surface area (Å²) in [5.41, 5.74) is -0.437. The van der Waals surface area contributed by atoms with Crippen molar-refractivity contribution in [3.8, 4) is 5.75 Å². The summed E-state index contributed by atoms with van der Waals surface area (Å²) in [4.78, 5) is 11.2. The Morgan fingerprint density at radius 3 is 2.86 bits per heavy atom. The van der Waals surface area contributed by atoms with Gasteiger partial charge in [-0.2, -0.15) is 0 Å². The van der Waals surface area contributed by atoms with Crippen LogP contribution in [0.4, 0.5) is 4.39 Å². The molecule has 0 saturated carbocycles. The van der Waals surface area contributed by atoms with E-state index in [4.69, 9.17) is 16.7 Å². The van der Waals surface area contributed by atoms with Crippen LogP contribution in [0, 0.1) is 5.82 Å². The van der Waals surface area contributed by atoms with Crippen LogP contribution in [0.15, 0.2) is 12.1 Å². The summed E-state index contributed by atoms with van der Waals surface area (Å²) in [7, 11) is 0. The highest BCUT2D eigenvalue weighted by molar-refractivity contribution is 6.35. The van der Waals surface area contributed by atoms with Gasteiger partial charge in [-0.1, -0.05) is 11.6 Å². The minimum Gasteiger partial charge on any atom is -0.506 e. The van der Waals surface area contributed by atoms with Crippen LogP contribution in [0.2, 0.25) is 5.02 Å². The van der Waals surface area contributed by atoms with Crippen molar-refractivity contribution in [1.82, 2.24) is 0 Å². The molecule has 0 heterocycles. The van der Waals surface area contributed by atoms with Crippen molar-refractivity contribution in [2.24, 2.45) is 0 Å². The molecule has 0 fully saturated rings. The maximum absolute atomic E-state index is 13.1. The van der Waals surface area contributed by atoms with E-state index < -0.39 is 17.3 Å². The van der Waals surface area contributed by atoms with E-state index in [2.05, 4.69) is 4.74 Å². The Morgan fingerprint density at radius 2 is 2.29 bits per heavy atom. The molecule has 0 unspecified atom stereocenters. The van der Waals surface area contributed by atoms with E-state index in [-0.39, 0.29) is 17.4 Å². The second-order valence-corrected chi connectivity index (χ2v) is 2.85. The predicted molar refractivity (Wildman–Crippen MR) is 49.0 cm³/mol. The average Bonchev–Trinajstić information content (AvgIpc) is 2.13. The van der Waals surface area contributed by atoms with E-state index in [1.165, 1.54) is 0 Å². The lowest BCUT2D eigenvalue weighted by molar-refractivity contribution is 0.0521. The second kappa shape index (κ2) is 4.28. The maximum Gasteiger partial charge on any atom is 0.342 e. The van der Waals surface area contributed by atoms with Crippen molar-refractivity contribution < 1.29 is 19.0 Å². The molecule has 0 amide bonds. The van der Waals surface area contributed by atoms with E-state index in [1.54, 1.807) is 6.92 Å². The molecule has 14 heavy (non-hydrogen) atoms. The quantitative estimate of drug-likeness (QED) is 0.776. The van der Waals surface area contributed by atoms with Gasteiger partial charge in [0.1, 0.15) is 17.1 Å². The van der Waals surface area contributed by atoms with Crippen molar-refractivity contribution in [3.63, 3.8) is 0 Å². The molecule has 1 aromatic rings. The summed E-state index contributed by atoms with van der Waals surface area (Å²) < 4.78 is 17.7. The predicted octanol–water partition coefficient (Wildman–Crippen LogP) is 2.36. The zero-order valence-electron chi connectivity index (χ0n) is 7.38. The lowest BCUT2D eigenvalue weighted by Crippen LogP contribution is -2.08. The first-order chi connectivity index (χ1) is 6.57. The van der Waals surface area contributed by atoms with Crippen LogP contribution in [-0.4, -0.2) is 17.7 Å². The molecule has 0 radical (unpaired) electrons. The van der Waals surface area contributed by atoms with Gasteiger partial charge in [0.25, 0.3) is 0 Å². The summed E-state index contributed by atoms with van der Waals surface area (Å²) in [6, 6.07) is 2.02. The second-order valence-electron chi connectivity index (χ2n) is 2.48. The molecule has 0 bridgehead atoms. The monoisotopic (exact) mass is 218 g/mol. The average molecular weight is 219 g/mol. The van der Waals surface area contributed by atoms with Gasteiger partial charge in [-0.3, -0.25) is 0 Å². The fourth-order valence-electron chi connectivity index (χ4n) is 0.932. The molecule has 0 saturated heterocycles. The van der Waals surface area contributed by atoms with Gasteiger partial charge in [0.15, 0.2) is 0 Å². The number of aromatic hydroxyl groups is 1. The fraction of sp³-hybridized carbons (Fsp3) is 0.222. The van der Waals surface area contributed by atoms with E-state index in [9.17, 15) is 9.18 Å². The zero-order valence-corrected chi connectivity index (χ0v) is 8.14. The number of halogens is 2. The number of benzene rings is 1. The Labute approximate surface area is 85.1 Å². The van der Waals surface area contributed by atoms with Crippen LogP contribution in [-0.2, 0) is 4.74 Å². The van der Waals surface area contributed by atoms with Crippen LogP contribution < -0.4 is 0 Å². The van der Waals surface area contributed by atoms with Crippen LogP contribution in [0.3, 0.4) is 0 Å². The molecule has 1 rings (SSSR count). The Bertz CT molecular complexity index is 365. The van der Waals surface area contributed by atoms with Gasteiger partial charge in [-0.25, -0.2) is 9.18 Å². The van der Waals surface area contributed by atoms with E-state index in [1.807, 2.05) is 0 Å². The molecule has 0 aliphatic heterocycles. The molecule has 0 atom stereocenters. The molecular weight excluding hydrogens is 211 g/mol. The summed E-state index contributed by atoms with van der Waals surface area (Å²) in [5, 5.41) is 8.81. The highest BCUT2D eigenvalue weighted by Gasteiger charge is 2.19. The van der Waals surface area contributed by atoms with Crippen LogP contribution in [0.5, 0.6) is 5.75 Å². The van der Waals surface area contributed by atoms with Gasteiger partial charge in [-0.15, -0.1) is 0 Å². The van der Waals surface area contributed by atoms with Gasteiger partial charge >= 0.3 is 5.97 Å². The van der Waals surface area contributed by atoms with Gasteiger partial charge in [0, 0.05) is 0 Å². The summed E-state index contributed by atoms with van der Waals surface area (Å²) in [5.74, 6) is -2.05. The minimum absolute atomic E-state index is 0.115. The number of hydrogen-bond acceptors (Lipinski definition) is 3. The molecule has 76 valence electrons. The standard InChI is InChI=1S/C9H8ClFO3/c1-2-14-9(13)7-5(11)3-4-6(12)8(7)10/h3-4,12H,2H2,1H3. The number of phenolic OH excluding ortho intramolecular Hbond substituents is 1. The highest BCUT2D eigenvalue weighted by atomic mass is 35.5. The number of esters is 1. The lowest BCUT2D eigenvalue weighted by atomic mass is 10.2. The smallest absolute Gasteiger partial charge is 0.342 e. The van der Waals surface area contributed by atoms with Crippen molar-refractivity contribution in [2.75, 3.05) is 6.61 Å². The number of carbonyl (C=O) groups excluding carboxylic acids is 1. The van der Waals surface area contributed by atoms with Crippen LogP contribution in [0.25, 0.3) is 0 Å². The van der Waals surface area contributed by atoms with Crippen molar-refractivity contribution in [2.45, 2.75) is 6.92 Å². The molecule has 1 N–H and O–H groups in total. The third-order valence-corrected chi connectivity index (χ3v) is 1.93. The molecular formula is C9H8ClFO3. The first-order valence-electron chi connectivity index (χ1n) is 3.92. The number of rotatable bonds is 2. The SMILES string of the molecule is CCOC(=O)c1c(F)ccc(O)c1Cl. The molecule has 0 aliphatic rings. The molecule has 1 aromatic carbocycles. The molecule has 0 aromatic heterocycles. The minimum atomic E-state index is -0.883. The van der Waals surface area contributed by atoms with Crippen LogP contribution >= 0.6 is 11.6 Å². The number of hydrogen-bond donors (Lipinski definition) is 1. The maximum atomic E-state index is 13.1. The van der Waals surface area contributed by atoms with Gasteiger partial charge in [-0.05, 0) is 19.1 Å². The Hall–Kier alpha value is -1.29. The summed E-state index contributed by atoms with van der Waals surface area (Å²) in [6.45, 7) is 1.71. The summed E-state index contributed by atoms with van der Waals surface area (Å²) in [6.07, 6.45) is 0. The van der Waals surface area contributed by atoms with Gasteiger partial charge < -0.3 is 9.84 Å². The molecule has 0 spiro atoms. The Kier molecular flexibility index (Phi) is 3.30. The zero-order chi connectivity index (χ0) is 10.7. The Morgan fingerprint density at radius 1 is 1.64 bits per heavy atom. The fourth-order valence-corrected chi connectivity index (χ4v) is 1.16. The van der Waals surface area contributed by atoms with E-state index in [0.717, 1.165) is 12.1 Å². The number of carbonyl (C=O) groups is 1.